The van der Waals surface area contributed by atoms with Gasteiger partial charge in [-0.05, 0) is 43.0 Å². The van der Waals surface area contributed by atoms with Gasteiger partial charge in [0.05, 0.1) is 6.42 Å². The lowest BCUT2D eigenvalue weighted by molar-refractivity contribution is -0.132. The van der Waals surface area contributed by atoms with Crippen molar-refractivity contribution in [2.75, 3.05) is 30.7 Å². The number of benzene rings is 1. The third-order valence-electron chi connectivity index (χ3n) is 6.49. The second kappa shape index (κ2) is 11.7. The number of fused-ring (bicyclic) bond motifs is 1. The van der Waals surface area contributed by atoms with Crippen molar-refractivity contribution in [1.82, 2.24) is 24.5 Å². The van der Waals surface area contributed by atoms with Crippen molar-refractivity contribution in [2.45, 2.75) is 25.9 Å². The highest BCUT2D eigenvalue weighted by atomic mass is 35.5. The molecular weight excluding hydrogens is 568 g/mol. The molecule has 4 aromatic rings. The molecule has 3 aromatic heterocycles. The molecule has 1 saturated heterocycles. The van der Waals surface area contributed by atoms with Gasteiger partial charge in [-0.3, -0.25) is 9.59 Å². The molecule has 1 aliphatic rings. The summed E-state index contributed by atoms with van der Waals surface area (Å²) in [6, 6.07) is 5.68. The van der Waals surface area contributed by atoms with Gasteiger partial charge < -0.3 is 25.8 Å². The first-order valence-corrected chi connectivity index (χ1v) is 13.5. The summed E-state index contributed by atoms with van der Waals surface area (Å²) in [6.45, 7) is -2.03. The minimum absolute atomic E-state index is 0.0134. The van der Waals surface area contributed by atoms with E-state index in [1.54, 1.807) is 17.2 Å². The van der Waals surface area contributed by atoms with Crippen molar-refractivity contribution in [3.63, 3.8) is 0 Å². The normalized spacial score (nSPS) is 14.2. The maximum atomic E-state index is 13.4. The Morgan fingerprint density at radius 1 is 1.30 bits per heavy atom. The molecular formula is C25H24ClF2N7O4S. The number of aromatic nitrogens is 4. The van der Waals surface area contributed by atoms with Gasteiger partial charge in [-0.15, -0.1) is 16.4 Å². The summed E-state index contributed by atoms with van der Waals surface area (Å²) in [5.74, 6) is -0.941. The highest BCUT2D eigenvalue weighted by Crippen LogP contribution is 2.41. The third kappa shape index (κ3) is 5.83. The molecule has 1 aliphatic heterocycles. The van der Waals surface area contributed by atoms with E-state index in [1.807, 2.05) is 0 Å². The molecule has 4 heterocycles. The number of piperidine rings is 1. The monoisotopic (exact) mass is 591 g/mol. The topological polar surface area (TPSA) is 148 Å². The summed E-state index contributed by atoms with van der Waals surface area (Å²) < 4.78 is 32.5. The Balaban J connectivity index is 1.50. The van der Waals surface area contributed by atoms with Gasteiger partial charge in [-0.25, -0.2) is 14.5 Å². The number of nitrogen functional groups attached to an aromatic ring is 1. The lowest BCUT2D eigenvalue weighted by Crippen LogP contribution is -2.40. The van der Waals surface area contributed by atoms with Crippen LogP contribution in [0, 0.1) is 5.92 Å². The average molecular weight is 592 g/mol. The number of anilines is 2. The largest absolute Gasteiger partial charge is 0.434 e. The summed E-state index contributed by atoms with van der Waals surface area (Å²) in [5.41, 5.74) is 6.43. The second-order valence-corrected chi connectivity index (χ2v) is 10.6. The highest BCUT2D eigenvalue weighted by molar-refractivity contribution is 7.16. The molecule has 210 valence electrons. The van der Waals surface area contributed by atoms with Crippen LogP contribution in [-0.4, -0.2) is 67.7 Å². The van der Waals surface area contributed by atoms with Crippen molar-refractivity contribution in [2.24, 2.45) is 5.92 Å². The molecule has 0 unspecified atom stereocenters. The molecule has 5 rings (SSSR count). The number of likely N-dealkylation sites (tertiary alicyclic amines) is 1. The van der Waals surface area contributed by atoms with Crippen molar-refractivity contribution in [1.29, 1.82) is 0 Å². The first kappa shape index (κ1) is 27.7. The van der Waals surface area contributed by atoms with Gasteiger partial charge in [0.25, 0.3) is 5.91 Å². The minimum atomic E-state index is -3.12. The van der Waals surface area contributed by atoms with Crippen LogP contribution in [0.3, 0.4) is 0 Å². The molecule has 11 nitrogen and oxygen atoms in total. The molecule has 0 saturated carbocycles. The van der Waals surface area contributed by atoms with Crippen molar-refractivity contribution in [3.8, 4) is 17.0 Å². The maximum absolute atomic E-state index is 13.4. The Morgan fingerprint density at radius 3 is 2.80 bits per heavy atom. The quantitative estimate of drug-likeness (QED) is 0.281. The lowest BCUT2D eigenvalue weighted by Gasteiger charge is -2.31. The number of ether oxygens (including phenoxy) is 1. The first-order chi connectivity index (χ1) is 19.2. The smallest absolute Gasteiger partial charge is 0.387 e. The number of aliphatic hydroxyl groups is 1. The highest BCUT2D eigenvalue weighted by Gasteiger charge is 2.27. The molecule has 0 bridgehead atoms. The number of nitrogens with two attached hydrogens (primary N) is 1. The van der Waals surface area contributed by atoms with Gasteiger partial charge in [0, 0.05) is 42.7 Å². The van der Waals surface area contributed by atoms with Crippen molar-refractivity contribution < 1.29 is 28.2 Å². The molecule has 4 N–H and O–H groups in total. The number of halogens is 3. The van der Waals surface area contributed by atoms with E-state index >= 15 is 0 Å². The predicted octanol–water partition coefficient (Wildman–Crippen LogP) is 3.72. The number of nitrogens with one attached hydrogen (secondary N) is 1. The van der Waals surface area contributed by atoms with Crippen LogP contribution in [0.5, 0.6) is 5.75 Å². The fourth-order valence-corrected chi connectivity index (χ4v) is 5.62. The number of hydrogen-bond acceptors (Lipinski definition) is 9. The number of hydrogen-bond donors (Lipinski definition) is 3. The molecule has 0 atom stereocenters. The Bertz CT molecular complexity index is 1560. The van der Waals surface area contributed by atoms with E-state index in [0.717, 1.165) is 11.3 Å². The standard InChI is InChI=1S/C25H24ClF2N7O4S/c26-14-2-3-16(39-25(27)28)15(10-14)20-24(32-23(38)19-21(29)33-35-7-1-6-30-22(19)35)40-17(31-20)11-18(37)34-8-4-13(12-36)5-9-34/h1-3,6-7,10,13,25,36H,4-5,8-9,11-12H2,(H2,29,33)(H,32,38). The fourth-order valence-electron chi connectivity index (χ4n) is 4.49. The van der Waals surface area contributed by atoms with Gasteiger partial charge in [-0.1, -0.05) is 11.6 Å². The zero-order chi connectivity index (χ0) is 28.4. The molecule has 1 aromatic carbocycles. The number of rotatable bonds is 8. The number of amides is 2. The lowest BCUT2D eigenvalue weighted by atomic mass is 9.98. The van der Waals surface area contributed by atoms with E-state index in [4.69, 9.17) is 22.1 Å². The van der Waals surface area contributed by atoms with Crippen LogP contribution in [0.15, 0.2) is 36.7 Å². The number of carbonyl (C=O) groups is 2. The van der Waals surface area contributed by atoms with Gasteiger partial charge >= 0.3 is 6.61 Å². The van der Waals surface area contributed by atoms with E-state index in [1.165, 1.54) is 28.9 Å². The number of alkyl halides is 2. The minimum Gasteiger partial charge on any atom is -0.434 e. The Kier molecular flexibility index (Phi) is 8.09. The fraction of sp³-hybridized carbons (Fsp3) is 0.320. The van der Waals surface area contributed by atoms with Gasteiger partial charge in [0.15, 0.2) is 11.5 Å². The summed E-state index contributed by atoms with van der Waals surface area (Å²) in [4.78, 5) is 36.8. The van der Waals surface area contributed by atoms with Crippen LogP contribution in [0.1, 0.15) is 28.2 Å². The summed E-state index contributed by atoms with van der Waals surface area (Å²) in [6.07, 6.45) is 4.37. The Morgan fingerprint density at radius 2 is 2.08 bits per heavy atom. The molecule has 40 heavy (non-hydrogen) atoms. The number of nitrogens with zero attached hydrogens (tertiary/aromatic N) is 5. The zero-order valence-corrected chi connectivity index (χ0v) is 22.5. The van der Waals surface area contributed by atoms with Crippen LogP contribution in [-0.2, 0) is 11.2 Å². The Hall–Kier alpha value is -3.88. The van der Waals surface area contributed by atoms with Gasteiger partial charge in [0.2, 0.25) is 5.91 Å². The zero-order valence-electron chi connectivity index (χ0n) is 20.9. The predicted molar refractivity (Wildman–Crippen MR) is 145 cm³/mol. The summed E-state index contributed by atoms with van der Waals surface area (Å²) in [5, 5.41) is 16.9. The van der Waals surface area contributed by atoms with E-state index in [9.17, 15) is 23.5 Å². The van der Waals surface area contributed by atoms with Crippen molar-refractivity contribution in [3.05, 3.63) is 52.3 Å². The second-order valence-electron chi connectivity index (χ2n) is 9.09. The van der Waals surface area contributed by atoms with Crippen molar-refractivity contribution >= 4 is 51.2 Å². The van der Waals surface area contributed by atoms with Gasteiger partial charge in [-0.2, -0.15) is 8.78 Å². The molecule has 0 spiro atoms. The SMILES string of the molecule is Nc1nn2cccnc2c1C(=O)Nc1sc(CC(=O)N2CCC(CO)CC2)nc1-c1cc(Cl)ccc1OC(F)F. The van der Waals surface area contributed by atoms with Crippen LogP contribution in [0.4, 0.5) is 19.6 Å². The van der Waals surface area contributed by atoms with Crippen LogP contribution < -0.4 is 15.8 Å². The van der Waals surface area contributed by atoms with E-state index in [2.05, 4.69) is 20.4 Å². The van der Waals surface area contributed by atoms with Crippen LogP contribution in [0.2, 0.25) is 5.02 Å². The van der Waals surface area contributed by atoms with E-state index < -0.39 is 12.5 Å². The summed E-state index contributed by atoms with van der Waals surface area (Å²) in [7, 11) is 0. The Labute approximate surface area is 235 Å². The number of thiazole rings is 1. The molecule has 0 aliphatic carbocycles. The van der Waals surface area contributed by atoms with E-state index in [-0.39, 0.29) is 68.9 Å². The molecule has 2 amide bonds. The van der Waals surface area contributed by atoms with Crippen LogP contribution >= 0.6 is 22.9 Å². The maximum Gasteiger partial charge on any atom is 0.387 e. The molecule has 15 heteroatoms. The molecule has 1 fully saturated rings. The third-order valence-corrected chi connectivity index (χ3v) is 7.69. The van der Waals surface area contributed by atoms with E-state index in [0.29, 0.717) is 30.9 Å². The molecule has 0 radical (unpaired) electrons. The first-order valence-electron chi connectivity index (χ1n) is 12.3. The number of carbonyl (C=O) groups excluding carboxylic acids is 2. The average Bonchev–Trinajstić information content (AvgIpc) is 3.48. The van der Waals surface area contributed by atoms with Crippen LogP contribution in [0.25, 0.3) is 16.9 Å². The number of aliphatic hydroxyl groups excluding tert-OH is 1. The van der Waals surface area contributed by atoms with Gasteiger partial charge in [0.1, 0.15) is 27.0 Å². The summed E-state index contributed by atoms with van der Waals surface area (Å²) >= 11 is 7.19.